The molecule has 0 bridgehead atoms. The smallest absolute Gasteiger partial charge is 0.413 e. The normalized spacial score (nSPS) is 27.9. The molecule has 2 aliphatic heterocycles. The van der Waals surface area contributed by atoms with E-state index in [0.29, 0.717) is 6.54 Å². The molecule has 2 saturated heterocycles. The van der Waals surface area contributed by atoms with Gasteiger partial charge in [-0.3, -0.25) is 19.1 Å². The largest absolute Gasteiger partial charge is 0.465 e. The van der Waals surface area contributed by atoms with Crippen molar-refractivity contribution >= 4 is 22.4 Å². The molecule has 0 aromatic carbocycles. The van der Waals surface area contributed by atoms with Gasteiger partial charge in [-0.15, -0.1) is 0 Å². The molecule has 0 unspecified atom stereocenters. The Bertz CT molecular complexity index is 564. The maximum absolute atomic E-state index is 12.1. The molecule has 0 aliphatic carbocycles. The first kappa shape index (κ1) is 18.8. The molecule has 0 saturated carbocycles. The topological polar surface area (TPSA) is 167 Å². The average Bonchev–Trinajstić information content (AvgIpc) is 3.03. The molecule has 0 spiro atoms. The van der Waals surface area contributed by atoms with Gasteiger partial charge in [-0.05, 0) is 25.8 Å². The zero-order valence-electron chi connectivity index (χ0n) is 12.7. The number of carboxylic acid groups (broad SMARTS) is 1. The average molecular weight is 368 g/mol. The van der Waals surface area contributed by atoms with Gasteiger partial charge in [0.15, 0.2) is 0 Å². The van der Waals surface area contributed by atoms with Crippen LogP contribution in [0.3, 0.4) is 0 Å². The second-order valence-electron chi connectivity index (χ2n) is 5.55. The molecule has 13 heteroatoms. The first-order valence-electron chi connectivity index (χ1n) is 7.33. The van der Waals surface area contributed by atoms with Crippen molar-refractivity contribution < 1.29 is 36.8 Å². The number of hydrogen-bond acceptors (Lipinski definition) is 8. The number of hydrogen-bond donors (Lipinski definition) is 5. The van der Waals surface area contributed by atoms with E-state index in [1.165, 1.54) is 0 Å². The SMILES string of the molecule is O=C(NO[C@H]1CCNC1)[C@@H]1CC[C@@H](NOS(=O)(=O)O)CN1C(=O)O. The summed E-state index contributed by atoms with van der Waals surface area (Å²) >= 11 is 0. The number of nitrogens with zero attached hydrogens (tertiary/aromatic N) is 1. The van der Waals surface area contributed by atoms with Crippen LogP contribution in [0.2, 0.25) is 0 Å². The maximum atomic E-state index is 12.1. The number of piperidine rings is 1. The van der Waals surface area contributed by atoms with Gasteiger partial charge in [0.05, 0.1) is 12.1 Å². The summed E-state index contributed by atoms with van der Waals surface area (Å²) in [5.74, 6) is -0.585. The highest BCUT2D eigenvalue weighted by molar-refractivity contribution is 7.80. The van der Waals surface area contributed by atoms with Gasteiger partial charge >= 0.3 is 16.5 Å². The lowest BCUT2D eigenvalue weighted by Crippen LogP contribution is -2.57. The number of rotatable bonds is 6. The third-order valence-electron chi connectivity index (χ3n) is 3.79. The Balaban J connectivity index is 1.87. The van der Waals surface area contributed by atoms with Crippen molar-refractivity contribution in [1.29, 1.82) is 0 Å². The van der Waals surface area contributed by atoms with Crippen molar-refractivity contribution in [2.75, 3.05) is 19.6 Å². The lowest BCUT2D eigenvalue weighted by Gasteiger charge is -2.36. The molecular formula is C11H20N4O8S. The van der Waals surface area contributed by atoms with Crippen LogP contribution in [0, 0.1) is 0 Å². The van der Waals surface area contributed by atoms with Crippen LogP contribution in [-0.4, -0.2) is 72.8 Å². The highest BCUT2D eigenvalue weighted by Crippen LogP contribution is 2.18. The van der Waals surface area contributed by atoms with Gasteiger partial charge < -0.3 is 10.4 Å². The first-order valence-corrected chi connectivity index (χ1v) is 8.70. The van der Waals surface area contributed by atoms with E-state index in [2.05, 4.69) is 20.6 Å². The summed E-state index contributed by atoms with van der Waals surface area (Å²) in [4.78, 5) is 29.6. The summed E-state index contributed by atoms with van der Waals surface area (Å²) in [5, 5.41) is 12.3. The molecule has 0 aromatic rings. The number of carbonyl (C=O) groups excluding carboxylic acids is 1. The molecule has 2 amide bonds. The fraction of sp³-hybridized carbons (Fsp3) is 0.818. The van der Waals surface area contributed by atoms with Crippen molar-refractivity contribution in [3.8, 4) is 0 Å². The van der Waals surface area contributed by atoms with E-state index in [1.54, 1.807) is 0 Å². The van der Waals surface area contributed by atoms with Gasteiger partial charge in [-0.25, -0.2) is 10.3 Å². The molecule has 138 valence electrons. The molecule has 2 rings (SSSR count). The molecule has 2 fully saturated rings. The van der Waals surface area contributed by atoms with Gasteiger partial charge in [-0.2, -0.15) is 18.2 Å². The summed E-state index contributed by atoms with van der Waals surface area (Å²) < 4.78 is 33.6. The number of likely N-dealkylation sites (tertiary alicyclic amines) is 1. The summed E-state index contributed by atoms with van der Waals surface area (Å²) in [5.41, 5.74) is 4.35. The zero-order chi connectivity index (χ0) is 17.7. The molecule has 24 heavy (non-hydrogen) atoms. The van der Waals surface area contributed by atoms with E-state index >= 15 is 0 Å². The molecule has 2 aliphatic rings. The van der Waals surface area contributed by atoms with Gasteiger partial charge in [-0.1, -0.05) is 0 Å². The van der Waals surface area contributed by atoms with Crippen molar-refractivity contribution in [1.82, 2.24) is 21.2 Å². The molecule has 2 heterocycles. The summed E-state index contributed by atoms with van der Waals surface area (Å²) in [6.45, 7) is 1.20. The first-order chi connectivity index (χ1) is 11.3. The van der Waals surface area contributed by atoms with E-state index in [1.807, 2.05) is 0 Å². The minimum absolute atomic E-state index is 0.136. The quantitative estimate of drug-likeness (QED) is 0.267. The van der Waals surface area contributed by atoms with Crippen LogP contribution in [0.1, 0.15) is 19.3 Å². The van der Waals surface area contributed by atoms with Gasteiger partial charge in [0, 0.05) is 13.1 Å². The number of amides is 2. The van der Waals surface area contributed by atoms with Crippen LogP contribution in [0.5, 0.6) is 0 Å². The Morgan fingerprint density at radius 1 is 1.25 bits per heavy atom. The molecule has 5 N–H and O–H groups in total. The summed E-state index contributed by atoms with van der Waals surface area (Å²) in [7, 11) is -4.69. The van der Waals surface area contributed by atoms with Crippen molar-refractivity contribution in [2.45, 2.75) is 37.5 Å². The number of nitrogens with one attached hydrogen (secondary N) is 3. The fourth-order valence-electron chi connectivity index (χ4n) is 2.62. The van der Waals surface area contributed by atoms with Crippen molar-refractivity contribution in [3.63, 3.8) is 0 Å². The van der Waals surface area contributed by atoms with Gasteiger partial charge in [0.2, 0.25) is 0 Å². The van der Waals surface area contributed by atoms with E-state index in [-0.39, 0.29) is 25.5 Å². The monoisotopic (exact) mass is 368 g/mol. The van der Waals surface area contributed by atoms with Crippen LogP contribution < -0.4 is 16.3 Å². The van der Waals surface area contributed by atoms with Crippen LogP contribution in [-0.2, 0) is 24.3 Å². The standard InChI is InChI=1S/C11H20N4O8S/c16-10(14-22-8-3-4-12-5-8)9-2-1-7(6-15(9)11(17)18)13-23-24(19,20)21/h7-9,12-13H,1-6H2,(H,14,16)(H,17,18)(H,19,20,21)/t7-,8+,9+/m1/s1. The lowest BCUT2D eigenvalue weighted by atomic mass is 9.99. The molecule has 0 radical (unpaired) electrons. The highest BCUT2D eigenvalue weighted by Gasteiger charge is 2.37. The predicted octanol–water partition coefficient (Wildman–Crippen LogP) is -1.77. The van der Waals surface area contributed by atoms with Crippen LogP contribution in [0.4, 0.5) is 4.79 Å². The van der Waals surface area contributed by atoms with Gasteiger partial charge in [0.1, 0.15) is 6.04 Å². The Hall–Kier alpha value is -1.51. The third kappa shape index (κ3) is 5.54. The van der Waals surface area contributed by atoms with Crippen molar-refractivity contribution in [2.24, 2.45) is 0 Å². The second kappa shape index (κ2) is 8.04. The molecule has 3 atom stereocenters. The summed E-state index contributed by atoms with van der Waals surface area (Å²) in [6, 6.07) is -1.65. The Labute approximate surface area is 138 Å². The van der Waals surface area contributed by atoms with E-state index < -0.39 is 34.5 Å². The number of carbonyl (C=O) groups is 2. The zero-order valence-corrected chi connectivity index (χ0v) is 13.5. The predicted molar refractivity (Wildman–Crippen MR) is 77.8 cm³/mol. The minimum Gasteiger partial charge on any atom is -0.465 e. The van der Waals surface area contributed by atoms with Gasteiger partial charge in [0.25, 0.3) is 5.91 Å². The third-order valence-corrected chi connectivity index (χ3v) is 4.10. The summed E-state index contributed by atoms with van der Waals surface area (Å²) in [6.07, 6.45) is -0.351. The van der Waals surface area contributed by atoms with Crippen LogP contribution in [0.25, 0.3) is 0 Å². The van der Waals surface area contributed by atoms with E-state index in [0.717, 1.165) is 17.9 Å². The fourth-order valence-corrected chi connectivity index (χ4v) is 2.88. The van der Waals surface area contributed by atoms with E-state index in [9.17, 15) is 23.1 Å². The molecule has 0 aromatic heterocycles. The molecule has 12 nitrogen and oxygen atoms in total. The van der Waals surface area contributed by atoms with Crippen LogP contribution in [0.15, 0.2) is 0 Å². The van der Waals surface area contributed by atoms with E-state index in [4.69, 9.17) is 9.39 Å². The Morgan fingerprint density at radius 2 is 2.00 bits per heavy atom. The Morgan fingerprint density at radius 3 is 2.58 bits per heavy atom. The minimum atomic E-state index is -4.69. The number of hydroxylamine groups is 2. The Kier molecular flexibility index (Phi) is 6.31. The molecular weight excluding hydrogens is 348 g/mol. The second-order valence-corrected chi connectivity index (χ2v) is 6.58. The highest BCUT2D eigenvalue weighted by atomic mass is 32.3. The van der Waals surface area contributed by atoms with Crippen LogP contribution >= 0.6 is 0 Å². The van der Waals surface area contributed by atoms with Crippen molar-refractivity contribution in [3.05, 3.63) is 0 Å². The maximum Gasteiger partial charge on any atom is 0.413 e. The lowest BCUT2D eigenvalue weighted by molar-refractivity contribution is -0.144.